The molecule has 11 nitrogen and oxygen atoms in total. The number of rotatable bonds is 7. The van der Waals surface area contributed by atoms with Crippen LogP contribution in [0.2, 0.25) is 0 Å². The highest BCUT2D eigenvalue weighted by Crippen LogP contribution is 2.59. The van der Waals surface area contributed by atoms with Gasteiger partial charge in [0, 0.05) is 11.3 Å². The molecule has 1 amide bonds. The van der Waals surface area contributed by atoms with Crippen molar-refractivity contribution >= 4 is 65.5 Å². The van der Waals surface area contributed by atoms with Crippen molar-refractivity contribution in [3.63, 3.8) is 0 Å². The molecular formula is C18H16N4O7P2S2. The van der Waals surface area contributed by atoms with Gasteiger partial charge in [0.2, 0.25) is 5.52 Å². The van der Waals surface area contributed by atoms with E-state index < -0.39 is 20.7 Å². The van der Waals surface area contributed by atoms with Gasteiger partial charge in [-0.05, 0) is 35.0 Å². The van der Waals surface area contributed by atoms with Crippen molar-refractivity contribution in [3.05, 3.63) is 58.1 Å². The zero-order valence-corrected chi connectivity index (χ0v) is 19.8. The Kier molecular flexibility index (Phi) is 6.50. The predicted molar refractivity (Wildman–Crippen MR) is 127 cm³/mol. The van der Waals surface area contributed by atoms with Crippen LogP contribution in [0.15, 0.2) is 53.2 Å². The number of nitrogens with one attached hydrogen (secondary N) is 2. The van der Waals surface area contributed by atoms with Crippen LogP contribution in [0.25, 0.3) is 21.6 Å². The number of carbonyl (C=O) groups excluding carboxylic acids is 1. The number of hydrogen-bond donors (Lipinski definition) is 6. The van der Waals surface area contributed by atoms with E-state index in [1.807, 2.05) is 0 Å². The maximum Gasteiger partial charge on any atom is 0.360 e. The summed E-state index contributed by atoms with van der Waals surface area (Å²) >= 11 is 2.51. The number of benzene rings is 1. The smallest absolute Gasteiger partial charge is 0.346 e. The minimum atomic E-state index is -5.23. The number of hydrogen-bond acceptors (Lipinski definition) is 8. The lowest BCUT2D eigenvalue weighted by Gasteiger charge is -2.21. The molecule has 0 unspecified atom stereocenters. The van der Waals surface area contributed by atoms with Gasteiger partial charge in [-0.2, -0.15) is 0 Å². The van der Waals surface area contributed by atoms with Gasteiger partial charge in [0.25, 0.3) is 5.91 Å². The topological polar surface area (TPSA) is 182 Å². The fourth-order valence-corrected chi connectivity index (χ4v) is 6.45. The SMILES string of the molecule is O=C(Nc1cccc(-c2nc(NC(P(=O)(O)O)P(=O)(O)O)c3ccsc3n2)c1)c1cccs1. The fourth-order valence-electron chi connectivity index (χ4n) is 2.92. The molecule has 33 heavy (non-hydrogen) atoms. The predicted octanol–water partition coefficient (Wildman–Crippen LogP) is 3.72. The molecule has 172 valence electrons. The van der Waals surface area contributed by atoms with Crippen LogP contribution in [0, 0.1) is 0 Å². The van der Waals surface area contributed by atoms with Gasteiger partial charge in [0.05, 0.1) is 10.3 Å². The van der Waals surface area contributed by atoms with E-state index in [2.05, 4.69) is 20.6 Å². The van der Waals surface area contributed by atoms with E-state index in [9.17, 15) is 33.5 Å². The minimum Gasteiger partial charge on any atom is -0.346 e. The van der Waals surface area contributed by atoms with Crippen molar-refractivity contribution in [2.75, 3.05) is 10.6 Å². The summed E-state index contributed by atoms with van der Waals surface area (Å²) in [7, 11) is -10.5. The number of aromatic nitrogens is 2. The molecule has 0 aliphatic carbocycles. The molecule has 3 heterocycles. The summed E-state index contributed by atoms with van der Waals surface area (Å²) in [6, 6.07) is 11.7. The highest BCUT2D eigenvalue weighted by molar-refractivity contribution is 7.71. The van der Waals surface area contributed by atoms with Crippen molar-refractivity contribution < 1.29 is 33.5 Å². The first kappa shape index (κ1) is 23.7. The van der Waals surface area contributed by atoms with Crippen LogP contribution in [0.3, 0.4) is 0 Å². The van der Waals surface area contributed by atoms with Gasteiger partial charge in [-0.25, -0.2) is 9.97 Å². The lowest BCUT2D eigenvalue weighted by molar-refractivity contribution is 0.103. The van der Waals surface area contributed by atoms with E-state index in [1.165, 1.54) is 22.7 Å². The second-order valence-corrected chi connectivity index (χ2v) is 12.4. The molecule has 0 spiro atoms. The molecule has 0 atom stereocenters. The van der Waals surface area contributed by atoms with Gasteiger partial charge in [0.1, 0.15) is 10.6 Å². The van der Waals surface area contributed by atoms with Gasteiger partial charge in [-0.15, -0.1) is 22.7 Å². The van der Waals surface area contributed by atoms with Crippen LogP contribution in [0.5, 0.6) is 0 Å². The number of anilines is 2. The Hall–Kier alpha value is -2.47. The van der Waals surface area contributed by atoms with Crippen molar-refractivity contribution in [2.45, 2.75) is 5.52 Å². The van der Waals surface area contributed by atoms with Crippen LogP contribution in [0.1, 0.15) is 9.67 Å². The molecule has 3 aromatic heterocycles. The van der Waals surface area contributed by atoms with Crippen LogP contribution >= 0.6 is 37.9 Å². The summed E-state index contributed by atoms with van der Waals surface area (Å²) in [5.41, 5.74) is -1.52. The van der Waals surface area contributed by atoms with E-state index in [-0.39, 0.29) is 17.5 Å². The van der Waals surface area contributed by atoms with Gasteiger partial charge in [0.15, 0.2) is 5.82 Å². The second kappa shape index (κ2) is 9.05. The molecule has 0 aliphatic heterocycles. The molecule has 1 aromatic carbocycles. The first-order valence-corrected chi connectivity index (χ1v) is 14.2. The molecule has 0 saturated heterocycles. The van der Waals surface area contributed by atoms with Gasteiger partial charge in [-0.3, -0.25) is 13.9 Å². The monoisotopic (exact) mass is 526 g/mol. The van der Waals surface area contributed by atoms with E-state index in [1.54, 1.807) is 53.2 Å². The van der Waals surface area contributed by atoms with Crippen LogP contribution in [-0.2, 0) is 9.13 Å². The maximum absolute atomic E-state index is 12.3. The molecule has 15 heteroatoms. The third-order valence-electron chi connectivity index (χ3n) is 4.35. The average molecular weight is 526 g/mol. The average Bonchev–Trinajstić information content (AvgIpc) is 3.42. The summed E-state index contributed by atoms with van der Waals surface area (Å²) in [5.74, 6) is -0.291. The largest absolute Gasteiger partial charge is 0.360 e. The lowest BCUT2D eigenvalue weighted by atomic mass is 10.2. The Balaban J connectivity index is 1.72. The normalized spacial score (nSPS) is 12.3. The Labute approximate surface area is 194 Å². The Morgan fingerprint density at radius 1 is 0.939 bits per heavy atom. The van der Waals surface area contributed by atoms with Gasteiger partial charge < -0.3 is 30.2 Å². The zero-order valence-electron chi connectivity index (χ0n) is 16.4. The summed E-state index contributed by atoms with van der Waals surface area (Å²) in [6.45, 7) is 0. The Bertz CT molecular complexity index is 1390. The number of carbonyl (C=O) groups is 1. The minimum absolute atomic E-state index is 0.134. The number of amides is 1. The highest BCUT2D eigenvalue weighted by Gasteiger charge is 2.44. The number of thiophene rings is 2. The van der Waals surface area contributed by atoms with Gasteiger partial charge in [-0.1, -0.05) is 18.2 Å². The van der Waals surface area contributed by atoms with Crippen LogP contribution in [-0.4, -0.2) is 41.0 Å². The first-order valence-electron chi connectivity index (χ1n) is 9.10. The van der Waals surface area contributed by atoms with Crippen molar-refractivity contribution in [1.29, 1.82) is 0 Å². The van der Waals surface area contributed by atoms with Crippen LogP contribution in [0.4, 0.5) is 11.5 Å². The first-order chi connectivity index (χ1) is 15.5. The molecule has 0 bridgehead atoms. The molecule has 6 N–H and O–H groups in total. The molecule has 0 saturated carbocycles. The van der Waals surface area contributed by atoms with Crippen molar-refractivity contribution in [3.8, 4) is 11.4 Å². The van der Waals surface area contributed by atoms with Gasteiger partial charge >= 0.3 is 15.2 Å². The quantitative estimate of drug-likeness (QED) is 0.194. The highest BCUT2D eigenvalue weighted by atomic mass is 32.1. The van der Waals surface area contributed by atoms with Crippen molar-refractivity contribution in [2.24, 2.45) is 0 Å². The molecule has 4 aromatic rings. The summed E-state index contributed by atoms with van der Waals surface area (Å²) in [6.07, 6.45) is 0. The van der Waals surface area contributed by atoms with E-state index >= 15 is 0 Å². The molecular weight excluding hydrogens is 510 g/mol. The number of fused-ring (bicyclic) bond motifs is 1. The summed E-state index contributed by atoms with van der Waals surface area (Å²) in [5, 5.41) is 8.79. The third-order valence-corrected chi connectivity index (χ3v) is 9.36. The molecule has 0 radical (unpaired) electrons. The van der Waals surface area contributed by atoms with E-state index in [0.717, 1.165) is 0 Å². The second-order valence-electron chi connectivity index (χ2n) is 6.74. The molecule has 0 fully saturated rings. The molecule has 0 aliphatic rings. The van der Waals surface area contributed by atoms with E-state index in [4.69, 9.17) is 0 Å². The maximum atomic E-state index is 12.3. The third kappa shape index (κ3) is 5.37. The molecule has 4 rings (SSSR count). The zero-order chi connectivity index (χ0) is 23.8. The summed E-state index contributed by atoms with van der Waals surface area (Å²) < 4.78 is 23.4. The van der Waals surface area contributed by atoms with E-state index in [0.29, 0.717) is 26.3 Å². The summed E-state index contributed by atoms with van der Waals surface area (Å²) in [4.78, 5) is 59.8. The Morgan fingerprint density at radius 2 is 1.70 bits per heavy atom. The number of nitrogens with zero attached hydrogens (tertiary/aromatic N) is 2. The van der Waals surface area contributed by atoms with Crippen molar-refractivity contribution in [1.82, 2.24) is 9.97 Å². The fraction of sp³-hybridized carbons (Fsp3) is 0.0556. The lowest BCUT2D eigenvalue weighted by Crippen LogP contribution is -2.21. The standard InChI is InChI=1S/C18H16N4O7P2S2/c23-16(13-5-2-7-32-13)19-11-4-1-3-10(9-11)14-20-15(12-6-8-33-17(12)21-14)22-18(30(24,25)26)31(27,28)29/h1-9,18H,(H,19,23)(H,20,21,22)(H2,24,25,26)(H2,27,28,29). The Morgan fingerprint density at radius 3 is 2.36 bits per heavy atom. The van der Waals surface area contributed by atoms with Crippen LogP contribution < -0.4 is 10.6 Å².